The van der Waals surface area contributed by atoms with Crippen LogP contribution in [0.2, 0.25) is 5.02 Å². The molecule has 0 saturated heterocycles. The summed E-state index contributed by atoms with van der Waals surface area (Å²) in [6.07, 6.45) is 1.50. The Bertz CT molecular complexity index is 1490. The SMILES string of the molecule is O=C(O)Cc1ccc2oc(-c3ccc(NC(=O)C4=COc5ccc(Cl)cc5C4)c(F)c3)nc2c1. The largest absolute Gasteiger partial charge is 0.481 e. The molecule has 1 aliphatic rings. The lowest BCUT2D eigenvalue weighted by Crippen LogP contribution is -2.19. The zero-order valence-electron chi connectivity index (χ0n) is 17.5. The van der Waals surface area contributed by atoms with Gasteiger partial charge in [-0.2, -0.15) is 0 Å². The molecule has 2 heterocycles. The molecule has 34 heavy (non-hydrogen) atoms. The van der Waals surface area contributed by atoms with Gasteiger partial charge in [-0.15, -0.1) is 0 Å². The maximum absolute atomic E-state index is 14.8. The number of amides is 1. The molecule has 0 spiro atoms. The summed E-state index contributed by atoms with van der Waals surface area (Å²) in [7, 11) is 0. The molecule has 0 saturated carbocycles. The van der Waals surface area contributed by atoms with E-state index in [9.17, 15) is 14.0 Å². The highest BCUT2D eigenvalue weighted by Crippen LogP contribution is 2.31. The van der Waals surface area contributed by atoms with Gasteiger partial charge in [-0.05, 0) is 54.1 Å². The van der Waals surface area contributed by atoms with Crippen molar-refractivity contribution in [1.82, 2.24) is 4.98 Å². The lowest BCUT2D eigenvalue weighted by atomic mass is 10.0. The van der Waals surface area contributed by atoms with E-state index in [1.807, 2.05) is 0 Å². The number of rotatable bonds is 5. The third-order valence-corrected chi connectivity index (χ3v) is 5.53. The summed E-state index contributed by atoms with van der Waals surface area (Å²) in [5.41, 5.74) is 2.95. The van der Waals surface area contributed by atoms with Crippen LogP contribution in [0.3, 0.4) is 0 Å². The highest BCUT2D eigenvalue weighted by atomic mass is 35.5. The third-order valence-electron chi connectivity index (χ3n) is 5.29. The van der Waals surface area contributed by atoms with E-state index < -0.39 is 17.7 Å². The molecular formula is C25H16ClFN2O5. The number of fused-ring (bicyclic) bond motifs is 2. The molecule has 0 fully saturated rings. The van der Waals surface area contributed by atoms with Crippen LogP contribution < -0.4 is 10.1 Å². The number of oxazole rings is 1. The van der Waals surface area contributed by atoms with Crippen molar-refractivity contribution in [1.29, 1.82) is 0 Å². The Labute approximate surface area is 197 Å². The first-order valence-electron chi connectivity index (χ1n) is 10.2. The van der Waals surface area contributed by atoms with Crippen LogP contribution in [0.25, 0.3) is 22.6 Å². The van der Waals surface area contributed by atoms with E-state index in [1.54, 1.807) is 42.5 Å². The summed E-state index contributed by atoms with van der Waals surface area (Å²) in [6, 6.07) is 14.2. The number of carboxylic acid groups (broad SMARTS) is 1. The first-order valence-corrected chi connectivity index (χ1v) is 10.6. The second kappa shape index (κ2) is 8.64. The van der Waals surface area contributed by atoms with Gasteiger partial charge in [0.1, 0.15) is 23.3 Å². The van der Waals surface area contributed by atoms with Crippen LogP contribution in [-0.4, -0.2) is 22.0 Å². The highest BCUT2D eigenvalue weighted by molar-refractivity contribution is 6.30. The number of nitrogens with zero attached hydrogens (tertiary/aromatic N) is 1. The predicted molar refractivity (Wildman–Crippen MR) is 123 cm³/mol. The van der Waals surface area contributed by atoms with Crippen LogP contribution in [-0.2, 0) is 22.4 Å². The Morgan fingerprint density at radius 2 is 1.97 bits per heavy atom. The number of aliphatic carboxylic acids is 1. The van der Waals surface area contributed by atoms with Crippen LogP contribution >= 0.6 is 11.6 Å². The van der Waals surface area contributed by atoms with Gasteiger partial charge >= 0.3 is 5.97 Å². The molecule has 3 aromatic carbocycles. The van der Waals surface area contributed by atoms with Gasteiger partial charge in [0.2, 0.25) is 5.89 Å². The van der Waals surface area contributed by atoms with E-state index >= 15 is 0 Å². The predicted octanol–water partition coefficient (Wildman–Crippen LogP) is 5.37. The molecule has 1 aliphatic heterocycles. The monoisotopic (exact) mass is 478 g/mol. The van der Waals surface area contributed by atoms with Gasteiger partial charge in [-0.3, -0.25) is 9.59 Å². The van der Waals surface area contributed by atoms with Gasteiger partial charge in [0.15, 0.2) is 5.58 Å². The Morgan fingerprint density at radius 1 is 1.12 bits per heavy atom. The maximum atomic E-state index is 14.8. The molecule has 5 rings (SSSR count). The van der Waals surface area contributed by atoms with E-state index in [4.69, 9.17) is 25.9 Å². The molecule has 1 amide bonds. The van der Waals surface area contributed by atoms with Crippen molar-refractivity contribution < 1.29 is 28.2 Å². The molecule has 4 aromatic rings. The van der Waals surface area contributed by atoms with E-state index in [1.165, 1.54) is 18.4 Å². The average Bonchev–Trinajstić information content (AvgIpc) is 3.23. The quantitative estimate of drug-likeness (QED) is 0.400. The number of carbonyl (C=O) groups excluding carboxylic acids is 1. The molecule has 0 atom stereocenters. The number of anilines is 1. The molecule has 0 radical (unpaired) electrons. The standard InChI is InChI=1S/C25H16ClFN2O5/c26-17-3-6-21-15(10-17)9-16(12-33-21)24(32)28-19-4-2-14(11-18(19)27)25-29-20-7-13(8-23(30)31)1-5-22(20)34-25/h1-7,10-12H,8-9H2,(H,28,32)(H,30,31). The Kier molecular flexibility index (Phi) is 5.51. The van der Waals surface area contributed by atoms with Gasteiger partial charge in [0.25, 0.3) is 5.91 Å². The molecular weight excluding hydrogens is 463 g/mol. The zero-order valence-corrected chi connectivity index (χ0v) is 18.2. The van der Waals surface area contributed by atoms with E-state index in [2.05, 4.69) is 10.3 Å². The normalized spacial score (nSPS) is 12.6. The van der Waals surface area contributed by atoms with Crippen LogP contribution in [0.4, 0.5) is 10.1 Å². The second-order valence-electron chi connectivity index (χ2n) is 7.73. The van der Waals surface area contributed by atoms with Gasteiger partial charge in [-0.1, -0.05) is 17.7 Å². The Hall–Kier alpha value is -4.17. The Balaban J connectivity index is 1.33. The number of carbonyl (C=O) groups is 2. The highest BCUT2D eigenvalue weighted by Gasteiger charge is 2.20. The van der Waals surface area contributed by atoms with Crippen molar-refractivity contribution in [2.45, 2.75) is 12.8 Å². The Morgan fingerprint density at radius 3 is 2.76 bits per heavy atom. The fraction of sp³-hybridized carbons (Fsp3) is 0.0800. The fourth-order valence-corrected chi connectivity index (χ4v) is 3.84. The number of hydrogen-bond donors (Lipinski definition) is 2. The van der Waals surface area contributed by atoms with Crippen molar-refractivity contribution >= 4 is 40.3 Å². The van der Waals surface area contributed by atoms with Gasteiger partial charge in [0.05, 0.1) is 17.7 Å². The average molecular weight is 479 g/mol. The van der Waals surface area contributed by atoms with Crippen molar-refractivity contribution in [3.05, 3.63) is 88.4 Å². The summed E-state index contributed by atoms with van der Waals surface area (Å²) in [6.45, 7) is 0. The van der Waals surface area contributed by atoms with Gasteiger partial charge < -0.3 is 19.6 Å². The smallest absolute Gasteiger partial charge is 0.307 e. The fourth-order valence-electron chi connectivity index (χ4n) is 3.65. The summed E-state index contributed by atoms with van der Waals surface area (Å²) >= 11 is 6.01. The molecule has 170 valence electrons. The maximum Gasteiger partial charge on any atom is 0.307 e. The first-order chi connectivity index (χ1) is 16.4. The number of benzene rings is 3. The van der Waals surface area contributed by atoms with E-state index in [0.29, 0.717) is 45.0 Å². The molecule has 2 N–H and O–H groups in total. The number of carboxylic acids is 1. The number of halogens is 2. The molecule has 0 aliphatic carbocycles. The molecule has 1 aromatic heterocycles. The summed E-state index contributed by atoms with van der Waals surface area (Å²) in [4.78, 5) is 27.9. The summed E-state index contributed by atoms with van der Waals surface area (Å²) in [5.74, 6) is -1.32. The van der Waals surface area contributed by atoms with E-state index in [0.717, 1.165) is 5.56 Å². The number of nitrogens with one attached hydrogen (secondary N) is 1. The first kappa shape index (κ1) is 21.7. The van der Waals surface area contributed by atoms with Crippen molar-refractivity contribution in [3.8, 4) is 17.2 Å². The van der Waals surface area contributed by atoms with Gasteiger partial charge in [0, 0.05) is 22.6 Å². The minimum atomic E-state index is -0.952. The third kappa shape index (κ3) is 4.35. The molecule has 0 bridgehead atoms. The second-order valence-corrected chi connectivity index (χ2v) is 8.17. The van der Waals surface area contributed by atoms with E-state index in [-0.39, 0.29) is 18.0 Å². The van der Waals surface area contributed by atoms with Crippen LogP contribution in [0, 0.1) is 5.82 Å². The topological polar surface area (TPSA) is 102 Å². The van der Waals surface area contributed by atoms with Crippen molar-refractivity contribution in [3.63, 3.8) is 0 Å². The molecule has 9 heteroatoms. The molecule has 7 nitrogen and oxygen atoms in total. The number of hydrogen-bond acceptors (Lipinski definition) is 5. The number of ether oxygens (including phenoxy) is 1. The van der Waals surface area contributed by atoms with Gasteiger partial charge in [-0.25, -0.2) is 9.37 Å². The minimum absolute atomic E-state index is 0.00797. The lowest BCUT2D eigenvalue weighted by Gasteiger charge is -2.17. The summed E-state index contributed by atoms with van der Waals surface area (Å²) < 4.78 is 26.0. The van der Waals surface area contributed by atoms with Crippen LogP contribution in [0.1, 0.15) is 11.1 Å². The number of aromatic nitrogens is 1. The zero-order chi connectivity index (χ0) is 23.8. The molecule has 0 unspecified atom stereocenters. The van der Waals surface area contributed by atoms with Crippen LogP contribution in [0.15, 0.2) is 70.8 Å². The van der Waals surface area contributed by atoms with Crippen molar-refractivity contribution in [2.24, 2.45) is 0 Å². The lowest BCUT2D eigenvalue weighted by molar-refractivity contribution is -0.136. The summed E-state index contributed by atoms with van der Waals surface area (Å²) in [5, 5.41) is 12.0. The minimum Gasteiger partial charge on any atom is -0.481 e. The van der Waals surface area contributed by atoms with Crippen molar-refractivity contribution in [2.75, 3.05) is 5.32 Å². The van der Waals surface area contributed by atoms with Crippen LogP contribution in [0.5, 0.6) is 5.75 Å².